The number of rotatable bonds is 3. The van der Waals surface area contributed by atoms with Crippen LogP contribution in [0.5, 0.6) is 0 Å². The van der Waals surface area contributed by atoms with Crippen LogP contribution in [0.2, 0.25) is 10.2 Å². The number of aryl methyl sites for hydroxylation is 2. The van der Waals surface area contributed by atoms with Gasteiger partial charge in [-0.05, 0) is 31.5 Å². The number of halogens is 2. The summed E-state index contributed by atoms with van der Waals surface area (Å²) in [7, 11) is 1.77. The standard InChI is InChI=1S/C21H19Cl2N5O2/c1-11-10-24-17-13(18(11)28-8-7-27(3)21(28)30)5-4-6-15(17)26-20(29)16-14(22)9-12(2)25-19(16)23/h4-6,9-10H,7-8H2,1-3H3,(H,26,29). The van der Waals surface area contributed by atoms with Gasteiger partial charge < -0.3 is 10.2 Å². The van der Waals surface area contributed by atoms with Crippen molar-refractivity contribution in [2.24, 2.45) is 0 Å². The molecule has 3 heterocycles. The molecule has 3 aromatic rings. The molecular formula is C21H19Cl2N5O2. The predicted molar refractivity (Wildman–Crippen MR) is 119 cm³/mol. The van der Waals surface area contributed by atoms with Gasteiger partial charge in [-0.15, -0.1) is 0 Å². The second-order valence-electron chi connectivity index (χ2n) is 7.21. The average molecular weight is 444 g/mol. The molecule has 0 atom stereocenters. The number of likely N-dealkylation sites (N-methyl/N-ethyl adjacent to an activating group) is 1. The van der Waals surface area contributed by atoms with Gasteiger partial charge in [0.15, 0.2) is 0 Å². The van der Waals surface area contributed by atoms with Crippen LogP contribution in [-0.2, 0) is 0 Å². The fraction of sp³-hybridized carbons (Fsp3) is 0.238. The summed E-state index contributed by atoms with van der Waals surface area (Å²) < 4.78 is 0. The Morgan fingerprint density at radius 1 is 1.20 bits per heavy atom. The molecule has 1 aromatic carbocycles. The number of carbonyl (C=O) groups excluding carboxylic acids is 2. The molecule has 9 heteroatoms. The SMILES string of the molecule is Cc1cc(Cl)c(C(=O)Nc2cccc3c(N4CCN(C)C4=O)c(C)cnc23)c(Cl)n1. The molecule has 4 rings (SSSR count). The zero-order valence-electron chi connectivity index (χ0n) is 16.7. The topological polar surface area (TPSA) is 78.4 Å². The van der Waals surface area contributed by atoms with Crippen molar-refractivity contribution in [1.82, 2.24) is 14.9 Å². The molecule has 0 bridgehead atoms. The number of carbonyl (C=O) groups is 2. The molecular weight excluding hydrogens is 425 g/mol. The van der Waals surface area contributed by atoms with Crippen molar-refractivity contribution >= 4 is 57.4 Å². The zero-order valence-corrected chi connectivity index (χ0v) is 18.2. The van der Waals surface area contributed by atoms with Gasteiger partial charge in [-0.1, -0.05) is 35.3 Å². The second-order valence-corrected chi connectivity index (χ2v) is 7.98. The second kappa shape index (κ2) is 7.74. The van der Waals surface area contributed by atoms with E-state index in [1.165, 1.54) is 0 Å². The van der Waals surface area contributed by atoms with Gasteiger partial charge >= 0.3 is 6.03 Å². The lowest BCUT2D eigenvalue weighted by Crippen LogP contribution is -2.30. The molecule has 7 nitrogen and oxygen atoms in total. The quantitative estimate of drug-likeness (QED) is 0.596. The average Bonchev–Trinajstić information content (AvgIpc) is 2.99. The first-order chi connectivity index (χ1) is 14.3. The first-order valence-corrected chi connectivity index (χ1v) is 10.1. The van der Waals surface area contributed by atoms with Gasteiger partial charge in [0.1, 0.15) is 5.15 Å². The summed E-state index contributed by atoms with van der Waals surface area (Å²) in [6, 6.07) is 6.96. The highest BCUT2D eigenvalue weighted by Gasteiger charge is 2.29. The molecule has 1 fully saturated rings. The number of nitrogens with zero attached hydrogens (tertiary/aromatic N) is 4. The first-order valence-electron chi connectivity index (χ1n) is 9.33. The van der Waals surface area contributed by atoms with Crippen LogP contribution in [0.1, 0.15) is 21.6 Å². The molecule has 154 valence electrons. The minimum Gasteiger partial charge on any atom is -0.326 e. The van der Waals surface area contributed by atoms with E-state index in [1.54, 1.807) is 42.1 Å². The van der Waals surface area contributed by atoms with Crippen molar-refractivity contribution in [3.05, 3.63) is 57.5 Å². The van der Waals surface area contributed by atoms with Crippen LogP contribution in [0.25, 0.3) is 10.9 Å². The maximum atomic E-state index is 12.9. The number of anilines is 2. The maximum Gasteiger partial charge on any atom is 0.324 e. The number of aromatic nitrogens is 2. The molecule has 1 N–H and O–H groups in total. The minimum atomic E-state index is -0.481. The number of urea groups is 1. The zero-order chi connectivity index (χ0) is 21.6. The fourth-order valence-electron chi connectivity index (χ4n) is 3.61. The Bertz CT molecular complexity index is 1170. The van der Waals surface area contributed by atoms with Crippen molar-refractivity contribution < 1.29 is 9.59 Å². The van der Waals surface area contributed by atoms with Gasteiger partial charge in [0, 0.05) is 37.4 Å². The Balaban J connectivity index is 1.78. The summed E-state index contributed by atoms with van der Waals surface area (Å²) in [5.41, 5.74) is 3.45. The Morgan fingerprint density at radius 2 is 1.97 bits per heavy atom. The largest absolute Gasteiger partial charge is 0.326 e. The van der Waals surface area contributed by atoms with Gasteiger partial charge in [0.25, 0.3) is 5.91 Å². The van der Waals surface area contributed by atoms with Gasteiger partial charge in [-0.25, -0.2) is 9.78 Å². The van der Waals surface area contributed by atoms with Crippen molar-refractivity contribution in [1.29, 1.82) is 0 Å². The van der Waals surface area contributed by atoms with Crippen LogP contribution in [0.3, 0.4) is 0 Å². The molecule has 0 saturated carbocycles. The molecule has 1 aliphatic rings. The number of para-hydroxylation sites is 1. The van der Waals surface area contributed by atoms with Crippen LogP contribution >= 0.6 is 23.2 Å². The Morgan fingerprint density at radius 3 is 2.63 bits per heavy atom. The molecule has 30 heavy (non-hydrogen) atoms. The van der Waals surface area contributed by atoms with E-state index in [9.17, 15) is 9.59 Å². The van der Waals surface area contributed by atoms with E-state index >= 15 is 0 Å². The third-order valence-electron chi connectivity index (χ3n) is 5.07. The van der Waals surface area contributed by atoms with E-state index in [0.29, 0.717) is 30.0 Å². The van der Waals surface area contributed by atoms with E-state index in [-0.39, 0.29) is 21.8 Å². The third kappa shape index (κ3) is 3.44. The van der Waals surface area contributed by atoms with E-state index < -0.39 is 5.91 Å². The summed E-state index contributed by atoms with van der Waals surface area (Å²) >= 11 is 12.4. The molecule has 0 unspecified atom stereocenters. The van der Waals surface area contributed by atoms with E-state index in [1.807, 2.05) is 19.1 Å². The highest BCUT2D eigenvalue weighted by Crippen LogP contribution is 2.35. The van der Waals surface area contributed by atoms with Crippen LogP contribution in [0.4, 0.5) is 16.2 Å². The smallest absolute Gasteiger partial charge is 0.324 e. The lowest BCUT2D eigenvalue weighted by molar-refractivity contribution is 0.102. The number of pyridine rings is 2. The van der Waals surface area contributed by atoms with Crippen LogP contribution in [0.15, 0.2) is 30.5 Å². The van der Waals surface area contributed by atoms with Crippen molar-refractivity contribution in [3.63, 3.8) is 0 Å². The van der Waals surface area contributed by atoms with Gasteiger partial charge in [-0.3, -0.25) is 14.7 Å². The van der Waals surface area contributed by atoms with E-state index in [4.69, 9.17) is 23.2 Å². The van der Waals surface area contributed by atoms with Crippen molar-refractivity contribution in [3.8, 4) is 0 Å². The molecule has 1 saturated heterocycles. The van der Waals surface area contributed by atoms with Gasteiger partial charge in [-0.2, -0.15) is 0 Å². The highest BCUT2D eigenvalue weighted by atomic mass is 35.5. The number of benzene rings is 1. The summed E-state index contributed by atoms with van der Waals surface area (Å²) in [6.45, 7) is 4.90. The number of hydrogen-bond acceptors (Lipinski definition) is 4. The summed E-state index contributed by atoms with van der Waals surface area (Å²) in [6.07, 6.45) is 1.70. The molecule has 2 aromatic heterocycles. The third-order valence-corrected chi connectivity index (χ3v) is 5.64. The normalized spacial score (nSPS) is 14.0. The van der Waals surface area contributed by atoms with Gasteiger partial charge in [0.05, 0.1) is 27.5 Å². The lowest BCUT2D eigenvalue weighted by Gasteiger charge is -2.21. The summed E-state index contributed by atoms with van der Waals surface area (Å²) in [4.78, 5) is 37.5. The number of nitrogens with one attached hydrogen (secondary N) is 1. The Kier molecular flexibility index (Phi) is 5.26. The number of fused-ring (bicyclic) bond motifs is 1. The van der Waals surface area contributed by atoms with Gasteiger partial charge in [0.2, 0.25) is 0 Å². The van der Waals surface area contributed by atoms with Crippen molar-refractivity contribution in [2.45, 2.75) is 13.8 Å². The predicted octanol–water partition coefficient (Wildman–Crippen LogP) is 4.68. The minimum absolute atomic E-state index is 0.0351. The fourth-order valence-corrected chi connectivity index (χ4v) is 4.31. The van der Waals surface area contributed by atoms with E-state index in [0.717, 1.165) is 16.6 Å². The van der Waals surface area contributed by atoms with Crippen molar-refractivity contribution in [2.75, 3.05) is 30.4 Å². The summed E-state index contributed by atoms with van der Waals surface area (Å²) in [5.74, 6) is -0.481. The first kappa shape index (κ1) is 20.4. The summed E-state index contributed by atoms with van der Waals surface area (Å²) in [5, 5.41) is 3.87. The van der Waals surface area contributed by atoms with Crippen LogP contribution < -0.4 is 10.2 Å². The van der Waals surface area contributed by atoms with Crippen LogP contribution in [-0.4, -0.2) is 46.9 Å². The van der Waals surface area contributed by atoms with E-state index in [2.05, 4.69) is 15.3 Å². The molecule has 1 aliphatic heterocycles. The molecule has 0 aliphatic carbocycles. The molecule has 3 amide bonds. The monoisotopic (exact) mass is 443 g/mol. The molecule has 0 radical (unpaired) electrons. The number of amides is 3. The Hall–Kier alpha value is -2.90. The molecule has 0 spiro atoms. The highest BCUT2D eigenvalue weighted by molar-refractivity contribution is 6.39. The van der Waals surface area contributed by atoms with Crippen LogP contribution in [0, 0.1) is 13.8 Å². The lowest BCUT2D eigenvalue weighted by atomic mass is 10.1. The maximum absolute atomic E-state index is 12.9. The Labute approximate surface area is 183 Å². The number of hydrogen-bond donors (Lipinski definition) is 1.